The number of anilines is 1. The Kier molecular flexibility index (Phi) is 5.14. The van der Waals surface area contributed by atoms with Crippen molar-refractivity contribution in [1.82, 2.24) is 9.55 Å². The van der Waals surface area contributed by atoms with Gasteiger partial charge in [0, 0.05) is 30.4 Å². The Labute approximate surface area is 158 Å². The molecule has 27 heavy (non-hydrogen) atoms. The summed E-state index contributed by atoms with van der Waals surface area (Å²) in [5.74, 6) is -0.0116. The first-order valence-electron chi connectivity index (χ1n) is 8.42. The molecule has 1 aromatic carbocycles. The number of aryl methyl sites for hydroxylation is 1. The highest BCUT2D eigenvalue weighted by Crippen LogP contribution is 2.20. The number of nitrogens with zero attached hydrogens (tertiary/aromatic N) is 2. The number of carbonyl (C=O) groups is 1. The Hall–Kier alpha value is -2.93. The number of carbonyl (C=O) groups excluding carboxylic acids is 1. The van der Waals surface area contributed by atoms with Crippen molar-refractivity contribution in [3.63, 3.8) is 0 Å². The van der Waals surface area contributed by atoms with E-state index in [0.29, 0.717) is 23.4 Å². The molecule has 3 aromatic rings. The van der Waals surface area contributed by atoms with E-state index in [4.69, 9.17) is 0 Å². The molecule has 140 valence electrons. The Bertz CT molecular complexity index is 1070. The minimum atomic E-state index is -3.33. The van der Waals surface area contributed by atoms with Crippen molar-refractivity contribution in [3.8, 4) is 0 Å². The first kappa shape index (κ1) is 18.8. The van der Waals surface area contributed by atoms with E-state index < -0.39 is 10.0 Å². The van der Waals surface area contributed by atoms with Crippen LogP contribution in [0, 0.1) is 6.92 Å². The minimum absolute atomic E-state index is 0.0116. The van der Waals surface area contributed by atoms with Crippen molar-refractivity contribution in [1.29, 1.82) is 0 Å². The van der Waals surface area contributed by atoms with E-state index in [1.807, 2.05) is 54.9 Å². The lowest BCUT2D eigenvalue weighted by Crippen LogP contribution is -2.11. The van der Waals surface area contributed by atoms with Crippen molar-refractivity contribution < 1.29 is 13.2 Å². The van der Waals surface area contributed by atoms with E-state index >= 15 is 0 Å². The van der Waals surface area contributed by atoms with Crippen LogP contribution in [0.5, 0.6) is 0 Å². The molecule has 2 aromatic heterocycles. The summed E-state index contributed by atoms with van der Waals surface area (Å²) in [4.78, 5) is 17.1. The van der Waals surface area contributed by atoms with Gasteiger partial charge in [-0.2, -0.15) is 0 Å². The molecule has 2 heterocycles. The topological polar surface area (TPSA) is 81.1 Å². The molecule has 0 aliphatic rings. The zero-order valence-electron chi connectivity index (χ0n) is 15.4. The van der Waals surface area contributed by atoms with Gasteiger partial charge in [0.1, 0.15) is 0 Å². The first-order valence-corrected chi connectivity index (χ1v) is 10.3. The second-order valence-electron chi connectivity index (χ2n) is 6.51. The number of sulfonamides is 1. The van der Waals surface area contributed by atoms with Gasteiger partial charge in [-0.25, -0.2) is 8.42 Å². The number of hydrogen-bond acceptors (Lipinski definition) is 4. The third-order valence-corrected chi connectivity index (χ3v) is 4.87. The average molecular weight is 383 g/mol. The average Bonchev–Trinajstić information content (AvgIpc) is 2.89. The maximum Gasteiger partial charge on any atom is 0.229 e. The smallest absolute Gasteiger partial charge is 0.229 e. The van der Waals surface area contributed by atoms with Crippen LogP contribution in [0.1, 0.15) is 33.0 Å². The molecule has 0 fully saturated rings. The van der Waals surface area contributed by atoms with Gasteiger partial charge in [-0.05, 0) is 30.7 Å². The van der Waals surface area contributed by atoms with Crippen molar-refractivity contribution in [2.75, 3.05) is 11.0 Å². The molecule has 0 radical (unpaired) electrons. The molecule has 0 aliphatic carbocycles. The Balaban J connectivity index is 1.84. The van der Waals surface area contributed by atoms with Crippen LogP contribution in [0.4, 0.5) is 5.69 Å². The number of pyridine rings is 1. The second kappa shape index (κ2) is 7.36. The molecule has 0 unspecified atom stereocenters. The molecule has 0 bridgehead atoms. The zero-order chi connectivity index (χ0) is 19.6. The molecule has 7 heteroatoms. The lowest BCUT2D eigenvalue weighted by Gasteiger charge is -2.09. The maximum absolute atomic E-state index is 12.8. The van der Waals surface area contributed by atoms with Gasteiger partial charge in [0.25, 0.3) is 0 Å². The van der Waals surface area contributed by atoms with Gasteiger partial charge in [-0.15, -0.1) is 0 Å². The highest BCUT2D eigenvalue weighted by molar-refractivity contribution is 7.92. The summed E-state index contributed by atoms with van der Waals surface area (Å²) < 4.78 is 26.8. The van der Waals surface area contributed by atoms with Crippen LogP contribution in [0.2, 0.25) is 0 Å². The molecular formula is C20H21N3O3S. The number of rotatable bonds is 6. The number of aromatic nitrogens is 2. The van der Waals surface area contributed by atoms with Gasteiger partial charge in [0.15, 0.2) is 0 Å². The van der Waals surface area contributed by atoms with Crippen LogP contribution in [-0.4, -0.2) is 30.0 Å². The van der Waals surface area contributed by atoms with Crippen molar-refractivity contribution in [2.24, 2.45) is 7.05 Å². The van der Waals surface area contributed by atoms with Gasteiger partial charge in [0.2, 0.25) is 15.8 Å². The molecule has 6 nitrogen and oxygen atoms in total. The van der Waals surface area contributed by atoms with E-state index in [0.717, 1.165) is 23.2 Å². The fraction of sp³-hybridized carbons (Fsp3) is 0.200. The Morgan fingerprint density at radius 2 is 1.85 bits per heavy atom. The van der Waals surface area contributed by atoms with E-state index in [-0.39, 0.29) is 5.78 Å². The normalized spacial score (nSPS) is 11.4. The molecule has 0 saturated heterocycles. The Morgan fingerprint density at radius 3 is 2.44 bits per heavy atom. The summed E-state index contributed by atoms with van der Waals surface area (Å²) in [5.41, 5.74) is 4.40. The summed E-state index contributed by atoms with van der Waals surface area (Å²) in [6.45, 7) is 1.92. The van der Waals surface area contributed by atoms with Crippen LogP contribution in [0.15, 0.2) is 54.7 Å². The van der Waals surface area contributed by atoms with Crippen LogP contribution in [0.25, 0.3) is 0 Å². The van der Waals surface area contributed by atoms with Crippen LogP contribution in [-0.2, 0) is 23.5 Å². The van der Waals surface area contributed by atoms with E-state index in [2.05, 4.69) is 9.71 Å². The Morgan fingerprint density at radius 1 is 1.15 bits per heavy atom. The number of nitrogens with one attached hydrogen (secondary N) is 1. The van der Waals surface area contributed by atoms with Crippen LogP contribution in [0.3, 0.4) is 0 Å². The maximum atomic E-state index is 12.8. The lowest BCUT2D eigenvalue weighted by atomic mass is 10.1. The van der Waals surface area contributed by atoms with Gasteiger partial charge in [-0.1, -0.05) is 30.3 Å². The van der Waals surface area contributed by atoms with Crippen molar-refractivity contribution in [2.45, 2.75) is 13.3 Å². The third-order valence-electron chi connectivity index (χ3n) is 4.26. The first-order chi connectivity index (χ1) is 12.7. The van der Waals surface area contributed by atoms with Crippen LogP contribution < -0.4 is 4.72 Å². The van der Waals surface area contributed by atoms with Gasteiger partial charge in [-0.3, -0.25) is 14.5 Å². The van der Waals surface area contributed by atoms with Gasteiger partial charge >= 0.3 is 0 Å². The van der Waals surface area contributed by atoms with Crippen molar-refractivity contribution >= 4 is 21.5 Å². The highest BCUT2D eigenvalue weighted by atomic mass is 32.2. The van der Waals surface area contributed by atoms with E-state index in [1.165, 1.54) is 6.20 Å². The molecule has 0 atom stereocenters. The molecule has 3 rings (SSSR count). The summed E-state index contributed by atoms with van der Waals surface area (Å²) in [7, 11) is -1.45. The minimum Gasteiger partial charge on any atom is -0.344 e. The zero-order valence-corrected chi connectivity index (χ0v) is 16.2. The number of benzene rings is 1. The van der Waals surface area contributed by atoms with E-state index in [1.54, 1.807) is 12.1 Å². The fourth-order valence-electron chi connectivity index (χ4n) is 3.04. The number of ketones is 1. The second-order valence-corrected chi connectivity index (χ2v) is 8.26. The summed E-state index contributed by atoms with van der Waals surface area (Å²) >= 11 is 0. The molecular weight excluding hydrogens is 362 g/mol. The third kappa shape index (κ3) is 4.43. The van der Waals surface area contributed by atoms with Gasteiger partial charge in [0.05, 0.1) is 23.8 Å². The molecule has 1 N–H and O–H groups in total. The van der Waals surface area contributed by atoms with E-state index in [9.17, 15) is 13.2 Å². The lowest BCUT2D eigenvalue weighted by molar-refractivity contribution is 0.103. The van der Waals surface area contributed by atoms with Gasteiger partial charge < -0.3 is 4.57 Å². The predicted octanol–water partition coefficient (Wildman–Crippen LogP) is 2.92. The molecule has 0 aliphatic heterocycles. The number of hydrogen-bond donors (Lipinski definition) is 1. The molecule has 0 amide bonds. The molecule has 0 saturated carbocycles. The standard InChI is InChI=1S/C20H21N3O3S/c1-14-11-18(12-16-9-10-17(13-21-16)22-27(3,25)26)23(2)19(14)20(24)15-7-5-4-6-8-15/h4-11,13,22H,12H2,1-3H3. The predicted molar refractivity (Wildman–Crippen MR) is 106 cm³/mol. The largest absolute Gasteiger partial charge is 0.344 e. The SMILES string of the molecule is Cc1cc(Cc2ccc(NS(C)(=O)=O)cn2)n(C)c1C(=O)c1ccccc1. The highest BCUT2D eigenvalue weighted by Gasteiger charge is 2.18. The summed E-state index contributed by atoms with van der Waals surface area (Å²) in [6, 6.07) is 14.6. The van der Waals surface area contributed by atoms with Crippen LogP contribution >= 0.6 is 0 Å². The summed E-state index contributed by atoms with van der Waals surface area (Å²) in [5, 5.41) is 0. The summed E-state index contributed by atoms with van der Waals surface area (Å²) in [6.07, 6.45) is 3.12. The monoisotopic (exact) mass is 383 g/mol. The van der Waals surface area contributed by atoms with Crippen molar-refractivity contribution in [3.05, 3.63) is 82.9 Å². The molecule has 0 spiro atoms. The fourth-order valence-corrected chi connectivity index (χ4v) is 3.59. The quantitative estimate of drug-likeness (QED) is 0.664.